The average Bonchev–Trinajstić information content (AvgIpc) is 2.27. The monoisotopic (exact) mass is 236 g/mol. The van der Waals surface area contributed by atoms with Crippen molar-refractivity contribution in [2.24, 2.45) is 11.1 Å². The van der Waals surface area contributed by atoms with Crippen LogP contribution in [-0.2, 0) is 4.79 Å². The van der Waals surface area contributed by atoms with E-state index >= 15 is 0 Å². The Labute approximate surface area is 99.4 Å². The molecule has 0 radical (unpaired) electrons. The lowest BCUT2D eigenvalue weighted by Gasteiger charge is -2.20. The Balaban J connectivity index is 2.62. The van der Waals surface area contributed by atoms with E-state index in [4.69, 9.17) is 11.5 Å². The predicted molar refractivity (Wildman–Crippen MR) is 64.0 cm³/mol. The van der Waals surface area contributed by atoms with E-state index < -0.39 is 11.3 Å². The molecule has 0 saturated heterocycles. The standard InChI is InChI=1S/C11H16N4O2/c1-11(2,10(13)17)6-15-9(16)8-4-3-7(12)5-14-8/h3-5H,6,12H2,1-2H3,(H2,13,17)(H,15,16). The summed E-state index contributed by atoms with van der Waals surface area (Å²) in [7, 11) is 0. The topological polar surface area (TPSA) is 111 Å². The Bertz CT molecular complexity index is 426. The maximum Gasteiger partial charge on any atom is 0.269 e. The van der Waals surface area contributed by atoms with Crippen LogP contribution >= 0.6 is 0 Å². The van der Waals surface area contributed by atoms with Gasteiger partial charge in [0, 0.05) is 6.54 Å². The van der Waals surface area contributed by atoms with Crippen molar-refractivity contribution in [2.45, 2.75) is 13.8 Å². The van der Waals surface area contributed by atoms with Crippen molar-refractivity contribution in [3.63, 3.8) is 0 Å². The molecule has 2 amide bonds. The Kier molecular flexibility index (Phi) is 3.67. The van der Waals surface area contributed by atoms with Crippen LogP contribution in [0.1, 0.15) is 24.3 Å². The van der Waals surface area contributed by atoms with E-state index in [-0.39, 0.29) is 18.1 Å². The number of hydrogen-bond donors (Lipinski definition) is 3. The SMILES string of the molecule is CC(C)(CNC(=O)c1ccc(N)cn1)C(N)=O. The molecule has 1 aromatic heterocycles. The van der Waals surface area contributed by atoms with E-state index in [2.05, 4.69) is 10.3 Å². The second kappa shape index (κ2) is 4.82. The molecule has 0 fully saturated rings. The fourth-order valence-corrected chi connectivity index (χ4v) is 1.02. The number of rotatable bonds is 4. The number of carbonyl (C=O) groups excluding carboxylic acids is 2. The van der Waals surface area contributed by atoms with E-state index in [9.17, 15) is 9.59 Å². The van der Waals surface area contributed by atoms with Gasteiger partial charge in [0.2, 0.25) is 5.91 Å². The normalized spacial score (nSPS) is 10.9. The summed E-state index contributed by atoms with van der Waals surface area (Å²) < 4.78 is 0. The Morgan fingerprint density at radius 2 is 2.06 bits per heavy atom. The number of hydrogen-bond acceptors (Lipinski definition) is 4. The molecule has 0 aliphatic carbocycles. The maximum absolute atomic E-state index is 11.7. The van der Waals surface area contributed by atoms with E-state index in [1.54, 1.807) is 19.9 Å². The van der Waals surface area contributed by atoms with Crippen LogP contribution in [0.3, 0.4) is 0 Å². The predicted octanol–water partition coefficient (Wildman–Crippen LogP) is -0.0949. The Hall–Kier alpha value is -2.11. The number of aromatic nitrogens is 1. The number of pyridine rings is 1. The highest BCUT2D eigenvalue weighted by Crippen LogP contribution is 2.12. The molecule has 0 saturated carbocycles. The van der Waals surface area contributed by atoms with Gasteiger partial charge in [-0.05, 0) is 26.0 Å². The summed E-state index contributed by atoms with van der Waals surface area (Å²) in [4.78, 5) is 26.6. The van der Waals surface area contributed by atoms with Crippen LogP contribution in [0.5, 0.6) is 0 Å². The largest absolute Gasteiger partial charge is 0.397 e. The van der Waals surface area contributed by atoms with Gasteiger partial charge in [0.1, 0.15) is 5.69 Å². The lowest BCUT2D eigenvalue weighted by atomic mass is 9.93. The molecule has 1 aromatic rings. The van der Waals surface area contributed by atoms with Crippen LogP contribution in [0.2, 0.25) is 0 Å². The average molecular weight is 236 g/mol. The van der Waals surface area contributed by atoms with Gasteiger partial charge < -0.3 is 16.8 Å². The lowest BCUT2D eigenvalue weighted by molar-refractivity contribution is -0.125. The number of carbonyl (C=O) groups is 2. The summed E-state index contributed by atoms with van der Waals surface area (Å²) in [6.07, 6.45) is 1.40. The summed E-state index contributed by atoms with van der Waals surface area (Å²) in [5.74, 6) is -0.831. The number of nitrogens with one attached hydrogen (secondary N) is 1. The van der Waals surface area contributed by atoms with Crippen molar-refractivity contribution in [2.75, 3.05) is 12.3 Å². The van der Waals surface area contributed by atoms with Crippen molar-refractivity contribution in [3.8, 4) is 0 Å². The molecular formula is C11H16N4O2. The second-order valence-electron chi connectivity index (χ2n) is 4.41. The zero-order valence-electron chi connectivity index (χ0n) is 9.86. The fourth-order valence-electron chi connectivity index (χ4n) is 1.02. The van der Waals surface area contributed by atoms with Crippen molar-refractivity contribution in [3.05, 3.63) is 24.0 Å². The minimum absolute atomic E-state index is 0.160. The molecule has 6 nitrogen and oxygen atoms in total. The molecule has 5 N–H and O–H groups in total. The zero-order chi connectivity index (χ0) is 13.1. The minimum Gasteiger partial charge on any atom is -0.397 e. The fraction of sp³-hybridized carbons (Fsp3) is 0.364. The van der Waals surface area contributed by atoms with Crippen LogP contribution in [-0.4, -0.2) is 23.3 Å². The van der Waals surface area contributed by atoms with Crippen LogP contribution in [0, 0.1) is 5.41 Å². The minimum atomic E-state index is -0.788. The first kappa shape index (κ1) is 13.0. The van der Waals surface area contributed by atoms with Gasteiger partial charge in [-0.15, -0.1) is 0 Å². The van der Waals surface area contributed by atoms with Gasteiger partial charge in [-0.1, -0.05) is 0 Å². The molecule has 0 bridgehead atoms. The lowest BCUT2D eigenvalue weighted by Crippen LogP contribution is -2.42. The molecule has 6 heteroatoms. The quantitative estimate of drug-likeness (QED) is 0.678. The van der Waals surface area contributed by atoms with E-state index in [0.717, 1.165) is 0 Å². The van der Waals surface area contributed by atoms with E-state index in [1.807, 2.05) is 0 Å². The molecule has 0 unspecified atom stereocenters. The Morgan fingerprint density at radius 3 is 2.53 bits per heavy atom. The first-order valence-corrected chi connectivity index (χ1v) is 5.12. The summed E-state index contributed by atoms with van der Waals surface area (Å²) in [6, 6.07) is 3.10. The second-order valence-corrected chi connectivity index (χ2v) is 4.41. The van der Waals surface area contributed by atoms with Crippen LogP contribution in [0.15, 0.2) is 18.3 Å². The highest BCUT2D eigenvalue weighted by atomic mass is 16.2. The molecular weight excluding hydrogens is 220 g/mol. The third-order valence-electron chi connectivity index (χ3n) is 2.38. The molecule has 1 heterocycles. The maximum atomic E-state index is 11.7. The Morgan fingerprint density at radius 1 is 1.41 bits per heavy atom. The summed E-state index contributed by atoms with van der Waals surface area (Å²) in [5.41, 5.74) is 10.6. The first-order chi connectivity index (χ1) is 7.83. The number of nitrogens with two attached hydrogens (primary N) is 2. The molecule has 0 atom stereocenters. The number of anilines is 1. The van der Waals surface area contributed by atoms with Crippen LogP contribution in [0.25, 0.3) is 0 Å². The highest BCUT2D eigenvalue weighted by molar-refractivity contribution is 5.93. The number of amides is 2. The van der Waals surface area contributed by atoms with Gasteiger partial charge in [-0.3, -0.25) is 9.59 Å². The molecule has 0 aromatic carbocycles. The van der Waals surface area contributed by atoms with Gasteiger partial charge in [0.05, 0.1) is 17.3 Å². The van der Waals surface area contributed by atoms with Gasteiger partial charge in [-0.25, -0.2) is 4.98 Å². The summed E-state index contributed by atoms with van der Waals surface area (Å²) in [6.45, 7) is 3.48. The van der Waals surface area contributed by atoms with Crippen LogP contribution < -0.4 is 16.8 Å². The number of primary amides is 1. The molecule has 92 valence electrons. The van der Waals surface area contributed by atoms with Crippen molar-refractivity contribution in [1.82, 2.24) is 10.3 Å². The van der Waals surface area contributed by atoms with Crippen molar-refractivity contribution >= 4 is 17.5 Å². The van der Waals surface area contributed by atoms with Gasteiger partial charge in [0.25, 0.3) is 5.91 Å². The highest BCUT2D eigenvalue weighted by Gasteiger charge is 2.25. The summed E-state index contributed by atoms with van der Waals surface area (Å²) in [5, 5.41) is 2.60. The van der Waals surface area contributed by atoms with Crippen molar-refractivity contribution < 1.29 is 9.59 Å². The zero-order valence-corrected chi connectivity index (χ0v) is 9.86. The van der Waals surface area contributed by atoms with Crippen molar-refractivity contribution in [1.29, 1.82) is 0 Å². The van der Waals surface area contributed by atoms with E-state index in [0.29, 0.717) is 5.69 Å². The number of nitrogens with zero attached hydrogens (tertiary/aromatic N) is 1. The molecule has 0 aliphatic rings. The molecule has 1 rings (SSSR count). The van der Waals surface area contributed by atoms with Gasteiger partial charge in [0.15, 0.2) is 0 Å². The van der Waals surface area contributed by atoms with Gasteiger partial charge in [-0.2, -0.15) is 0 Å². The summed E-state index contributed by atoms with van der Waals surface area (Å²) >= 11 is 0. The molecule has 17 heavy (non-hydrogen) atoms. The van der Waals surface area contributed by atoms with Gasteiger partial charge >= 0.3 is 0 Å². The van der Waals surface area contributed by atoms with E-state index in [1.165, 1.54) is 12.3 Å². The molecule has 0 spiro atoms. The third-order valence-corrected chi connectivity index (χ3v) is 2.38. The third kappa shape index (κ3) is 3.44. The first-order valence-electron chi connectivity index (χ1n) is 5.12. The molecule has 0 aliphatic heterocycles. The van der Waals surface area contributed by atoms with Crippen LogP contribution in [0.4, 0.5) is 5.69 Å². The smallest absolute Gasteiger partial charge is 0.269 e. The number of nitrogen functional groups attached to an aromatic ring is 1.